The van der Waals surface area contributed by atoms with Crippen LogP contribution >= 0.6 is 34.5 Å². The summed E-state index contributed by atoms with van der Waals surface area (Å²) in [7, 11) is 0. The Morgan fingerprint density at radius 2 is 1.83 bits per heavy atom. The third kappa shape index (κ3) is 5.11. The SMILES string of the molecule is CCOC(=O)c1c(NC(=O)C=Cc2ccc(Cl)c(Cl)c2)sc(C)c1-c1ccccc1. The van der Waals surface area contributed by atoms with Gasteiger partial charge in [0.05, 0.1) is 16.7 Å². The minimum absolute atomic E-state index is 0.243. The zero-order valence-corrected chi connectivity index (χ0v) is 18.7. The van der Waals surface area contributed by atoms with Crippen molar-refractivity contribution in [1.82, 2.24) is 0 Å². The molecule has 0 unspecified atom stereocenters. The van der Waals surface area contributed by atoms with Crippen LogP contribution in [0, 0.1) is 6.92 Å². The minimum atomic E-state index is -0.468. The van der Waals surface area contributed by atoms with Gasteiger partial charge < -0.3 is 10.1 Å². The quantitative estimate of drug-likeness (QED) is 0.323. The molecule has 1 N–H and O–H groups in total. The number of esters is 1. The van der Waals surface area contributed by atoms with Crippen molar-refractivity contribution in [3.05, 3.63) is 80.7 Å². The number of ether oxygens (including phenoxy) is 1. The molecule has 0 bridgehead atoms. The van der Waals surface area contributed by atoms with Gasteiger partial charge in [0.1, 0.15) is 10.6 Å². The molecule has 0 spiro atoms. The molecule has 7 heteroatoms. The molecule has 1 amide bonds. The van der Waals surface area contributed by atoms with Crippen LogP contribution in [-0.4, -0.2) is 18.5 Å². The third-order valence-corrected chi connectivity index (χ3v) is 5.99. The van der Waals surface area contributed by atoms with Gasteiger partial charge in [0, 0.05) is 16.5 Å². The van der Waals surface area contributed by atoms with E-state index in [0.717, 1.165) is 21.6 Å². The molecule has 0 saturated heterocycles. The number of thiophene rings is 1. The summed E-state index contributed by atoms with van der Waals surface area (Å²) >= 11 is 13.3. The predicted octanol–water partition coefficient (Wildman–Crippen LogP) is 6.86. The van der Waals surface area contributed by atoms with Crippen molar-refractivity contribution in [3.8, 4) is 11.1 Å². The summed E-state index contributed by atoms with van der Waals surface area (Å²) in [6.07, 6.45) is 3.01. The Hall–Kier alpha value is -2.60. The summed E-state index contributed by atoms with van der Waals surface area (Å²) in [5.74, 6) is -0.836. The van der Waals surface area contributed by atoms with Crippen molar-refractivity contribution in [1.29, 1.82) is 0 Å². The molecule has 3 aromatic rings. The van der Waals surface area contributed by atoms with Gasteiger partial charge in [-0.15, -0.1) is 11.3 Å². The first kappa shape index (κ1) is 22.1. The van der Waals surface area contributed by atoms with Gasteiger partial charge in [-0.3, -0.25) is 4.79 Å². The van der Waals surface area contributed by atoms with E-state index in [4.69, 9.17) is 27.9 Å². The van der Waals surface area contributed by atoms with E-state index in [0.29, 0.717) is 20.6 Å². The topological polar surface area (TPSA) is 55.4 Å². The molecule has 3 rings (SSSR count). The number of amides is 1. The first-order chi connectivity index (χ1) is 14.4. The molecule has 4 nitrogen and oxygen atoms in total. The minimum Gasteiger partial charge on any atom is -0.462 e. The van der Waals surface area contributed by atoms with E-state index < -0.39 is 5.97 Å². The maximum atomic E-state index is 12.7. The molecule has 0 aliphatic carbocycles. The largest absolute Gasteiger partial charge is 0.462 e. The first-order valence-electron chi connectivity index (χ1n) is 9.20. The number of benzene rings is 2. The number of aryl methyl sites for hydroxylation is 1. The van der Waals surface area contributed by atoms with E-state index in [-0.39, 0.29) is 12.5 Å². The van der Waals surface area contributed by atoms with Crippen LogP contribution in [0.25, 0.3) is 17.2 Å². The highest BCUT2D eigenvalue weighted by Crippen LogP contribution is 2.40. The van der Waals surface area contributed by atoms with Gasteiger partial charge in [-0.25, -0.2) is 4.79 Å². The van der Waals surface area contributed by atoms with E-state index in [1.54, 1.807) is 31.2 Å². The molecule has 1 heterocycles. The van der Waals surface area contributed by atoms with Gasteiger partial charge in [-0.05, 0) is 43.2 Å². The lowest BCUT2D eigenvalue weighted by atomic mass is 10.0. The van der Waals surface area contributed by atoms with E-state index in [1.807, 2.05) is 37.3 Å². The van der Waals surface area contributed by atoms with E-state index >= 15 is 0 Å². The van der Waals surface area contributed by atoms with E-state index in [2.05, 4.69) is 5.32 Å². The number of nitrogens with one attached hydrogen (secondary N) is 1. The Morgan fingerprint density at radius 3 is 2.50 bits per heavy atom. The van der Waals surface area contributed by atoms with Gasteiger partial charge >= 0.3 is 5.97 Å². The first-order valence-corrected chi connectivity index (χ1v) is 10.8. The fourth-order valence-electron chi connectivity index (χ4n) is 2.92. The molecule has 0 radical (unpaired) electrons. The second-order valence-electron chi connectivity index (χ2n) is 6.32. The molecule has 154 valence electrons. The van der Waals surface area contributed by atoms with Crippen LogP contribution < -0.4 is 5.32 Å². The van der Waals surface area contributed by atoms with Crippen molar-refractivity contribution in [3.63, 3.8) is 0 Å². The maximum absolute atomic E-state index is 12.7. The molecule has 2 aromatic carbocycles. The summed E-state index contributed by atoms with van der Waals surface area (Å²) in [5, 5.41) is 4.11. The predicted molar refractivity (Wildman–Crippen MR) is 125 cm³/mol. The highest BCUT2D eigenvalue weighted by atomic mass is 35.5. The summed E-state index contributed by atoms with van der Waals surface area (Å²) < 4.78 is 5.25. The lowest BCUT2D eigenvalue weighted by Crippen LogP contribution is -2.12. The third-order valence-electron chi connectivity index (χ3n) is 4.23. The normalized spacial score (nSPS) is 10.9. The van der Waals surface area contributed by atoms with Gasteiger partial charge in [0.25, 0.3) is 0 Å². The zero-order chi connectivity index (χ0) is 21.7. The van der Waals surface area contributed by atoms with Crippen LogP contribution in [0.4, 0.5) is 5.00 Å². The smallest absolute Gasteiger partial charge is 0.341 e. The number of rotatable bonds is 6. The van der Waals surface area contributed by atoms with Crippen molar-refractivity contribution >= 4 is 57.5 Å². The van der Waals surface area contributed by atoms with Crippen molar-refractivity contribution in [2.45, 2.75) is 13.8 Å². The molecule has 0 fully saturated rings. The van der Waals surface area contributed by atoms with Crippen molar-refractivity contribution < 1.29 is 14.3 Å². The van der Waals surface area contributed by atoms with Crippen LogP contribution in [0.5, 0.6) is 0 Å². The number of carbonyl (C=O) groups is 2. The summed E-state index contributed by atoms with van der Waals surface area (Å²) in [6, 6.07) is 14.6. The van der Waals surface area contributed by atoms with Gasteiger partial charge in [-0.2, -0.15) is 0 Å². The average Bonchev–Trinajstić information content (AvgIpc) is 3.05. The molecular weight excluding hydrogens is 441 g/mol. The van der Waals surface area contributed by atoms with Crippen molar-refractivity contribution in [2.75, 3.05) is 11.9 Å². The second-order valence-corrected chi connectivity index (χ2v) is 8.36. The average molecular weight is 460 g/mol. The van der Waals surface area contributed by atoms with Gasteiger partial charge in [0.15, 0.2) is 0 Å². The van der Waals surface area contributed by atoms with Gasteiger partial charge in [0.2, 0.25) is 5.91 Å². The Bertz CT molecular complexity index is 1110. The Balaban J connectivity index is 1.91. The number of hydrogen-bond acceptors (Lipinski definition) is 4. The summed E-state index contributed by atoms with van der Waals surface area (Å²) in [5.41, 5.74) is 2.75. The van der Waals surface area contributed by atoms with Gasteiger partial charge in [-0.1, -0.05) is 59.6 Å². The van der Waals surface area contributed by atoms with Crippen molar-refractivity contribution in [2.24, 2.45) is 0 Å². The molecule has 0 saturated carbocycles. The van der Waals surface area contributed by atoms with Crippen LogP contribution in [-0.2, 0) is 9.53 Å². The Morgan fingerprint density at radius 1 is 1.10 bits per heavy atom. The molecule has 1 aromatic heterocycles. The van der Waals surface area contributed by atoms with E-state index in [9.17, 15) is 9.59 Å². The van der Waals surface area contributed by atoms with Crippen LogP contribution in [0.1, 0.15) is 27.7 Å². The highest BCUT2D eigenvalue weighted by molar-refractivity contribution is 7.17. The molecule has 30 heavy (non-hydrogen) atoms. The summed E-state index contributed by atoms with van der Waals surface area (Å²) in [6.45, 7) is 3.90. The molecular formula is C23H19Cl2NO3S. The number of carbonyl (C=O) groups excluding carboxylic acids is 2. The standard InChI is InChI=1S/C23H19Cl2NO3S/c1-3-29-23(28)21-20(16-7-5-4-6-8-16)14(2)30-22(21)26-19(27)12-10-15-9-11-17(24)18(25)13-15/h4-13H,3H2,1-2H3,(H,26,27). The lowest BCUT2D eigenvalue weighted by Gasteiger charge is -2.08. The monoisotopic (exact) mass is 459 g/mol. The van der Waals surface area contributed by atoms with E-state index in [1.165, 1.54) is 17.4 Å². The fraction of sp³-hybridized carbons (Fsp3) is 0.130. The maximum Gasteiger partial charge on any atom is 0.341 e. The van der Waals surface area contributed by atoms with Crippen LogP contribution in [0.15, 0.2) is 54.6 Å². The van der Waals surface area contributed by atoms with Crippen LogP contribution in [0.3, 0.4) is 0 Å². The molecule has 0 atom stereocenters. The Labute approximate surface area is 189 Å². The number of halogens is 2. The fourth-order valence-corrected chi connectivity index (χ4v) is 4.30. The van der Waals surface area contributed by atoms with Crippen LogP contribution in [0.2, 0.25) is 10.0 Å². The number of hydrogen-bond donors (Lipinski definition) is 1. The summed E-state index contributed by atoms with van der Waals surface area (Å²) in [4.78, 5) is 26.1. The molecule has 0 aliphatic heterocycles. The number of anilines is 1. The lowest BCUT2D eigenvalue weighted by molar-refractivity contribution is -0.111. The zero-order valence-electron chi connectivity index (χ0n) is 16.4. The highest BCUT2D eigenvalue weighted by Gasteiger charge is 2.25. The Kier molecular flexibility index (Phi) is 7.32. The molecule has 0 aliphatic rings. The second kappa shape index (κ2) is 9.94.